The molecule has 0 aliphatic carbocycles. The predicted molar refractivity (Wildman–Crippen MR) is 68.4 cm³/mol. The molecule has 0 fully saturated rings. The highest BCUT2D eigenvalue weighted by Crippen LogP contribution is 2.25. The first kappa shape index (κ1) is 11.4. The first-order valence-electron chi connectivity index (χ1n) is 5.45. The Morgan fingerprint density at radius 2 is 1.76 bits per heavy atom. The number of aryl methyl sites for hydroxylation is 1. The van der Waals surface area contributed by atoms with Gasteiger partial charge in [0.25, 0.3) is 0 Å². The van der Waals surface area contributed by atoms with Crippen molar-refractivity contribution in [3.05, 3.63) is 41.3 Å². The number of nitrogens with two attached hydrogens (primary N) is 1. The minimum atomic E-state index is 0.277. The second-order valence-corrected chi connectivity index (χ2v) is 4.16. The van der Waals surface area contributed by atoms with E-state index in [1.54, 1.807) is 4.57 Å². The number of hydrogen-bond donors (Lipinski definition) is 2. The molecule has 0 aliphatic rings. The van der Waals surface area contributed by atoms with Crippen LogP contribution in [-0.4, -0.2) is 9.55 Å². The van der Waals surface area contributed by atoms with Gasteiger partial charge in [-0.25, -0.2) is 4.98 Å². The van der Waals surface area contributed by atoms with E-state index >= 15 is 0 Å². The normalized spacial score (nSPS) is 10.5. The molecule has 0 amide bonds. The molecule has 0 bridgehead atoms. The summed E-state index contributed by atoms with van der Waals surface area (Å²) in [7, 11) is 1.85. The maximum absolute atomic E-state index is 7.73. The van der Waals surface area contributed by atoms with E-state index < -0.39 is 0 Å². The summed E-state index contributed by atoms with van der Waals surface area (Å²) in [4.78, 5) is 4.23. The highest BCUT2D eigenvalue weighted by Gasteiger charge is 2.09. The van der Waals surface area contributed by atoms with Gasteiger partial charge in [0, 0.05) is 24.0 Å². The van der Waals surface area contributed by atoms with Crippen LogP contribution in [0.5, 0.6) is 0 Å². The van der Waals surface area contributed by atoms with Crippen molar-refractivity contribution in [2.24, 2.45) is 7.05 Å². The van der Waals surface area contributed by atoms with Crippen molar-refractivity contribution in [3.8, 4) is 11.1 Å². The van der Waals surface area contributed by atoms with E-state index in [-0.39, 0.29) is 5.62 Å². The van der Waals surface area contributed by atoms with Gasteiger partial charge < -0.3 is 10.3 Å². The Morgan fingerprint density at radius 3 is 2.35 bits per heavy atom. The molecule has 3 N–H and O–H groups in total. The minimum Gasteiger partial charge on any atom is -0.399 e. The monoisotopic (exact) mass is 228 g/mol. The quantitative estimate of drug-likeness (QED) is 0.730. The Bertz CT molecular complexity index is 609. The number of nitrogens with one attached hydrogen (secondary N) is 1. The molecule has 1 aromatic carbocycles. The van der Waals surface area contributed by atoms with Crippen LogP contribution in [0.15, 0.2) is 24.3 Å². The van der Waals surface area contributed by atoms with E-state index in [2.05, 4.69) is 4.98 Å². The van der Waals surface area contributed by atoms with Gasteiger partial charge in [0.05, 0.1) is 5.69 Å². The van der Waals surface area contributed by atoms with Crippen molar-refractivity contribution in [1.82, 2.24) is 9.55 Å². The third-order valence-corrected chi connectivity index (χ3v) is 3.02. The summed E-state index contributed by atoms with van der Waals surface area (Å²) in [6.45, 7) is 3.93. The van der Waals surface area contributed by atoms with Gasteiger partial charge in [0.1, 0.15) is 0 Å². The number of nitrogen functional groups attached to an aromatic ring is 1. The number of rotatable bonds is 1. The van der Waals surface area contributed by atoms with E-state index in [0.717, 1.165) is 28.2 Å². The average Bonchev–Trinajstić information content (AvgIpc) is 2.29. The van der Waals surface area contributed by atoms with Crippen LogP contribution >= 0.6 is 0 Å². The predicted octanol–water partition coefficient (Wildman–Crippen LogP) is 1.77. The first-order valence-corrected chi connectivity index (χ1v) is 5.45. The minimum absolute atomic E-state index is 0.277. The van der Waals surface area contributed by atoms with Crippen LogP contribution < -0.4 is 11.4 Å². The summed E-state index contributed by atoms with van der Waals surface area (Å²) in [5, 5.41) is 7.73. The highest BCUT2D eigenvalue weighted by molar-refractivity contribution is 5.69. The number of aromatic nitrogens is 2. The molecule has 2 aromatic rings. The Hall–Kier alpha value is -2.10. The summed E-state index contributed by atoms with van der Waals surface area (Å²) in [6, 6.07) is 7.72. The Morgan fingerprint density at radius 1 is 1.18 bits per heavy atom. The Kier molecular flexibility index (Phi) is 2.71. The molecule has 0 spiro atoms. The van der Waals surface area contributed by atoms with Crippen LogP contribution in [0, 0.1) is 19.3 Å². The zero-order chi connectivity index (χ0) is 12.6. The molecule has 0 saturated heterocycles. The van der Waals surface area contributed by atoms with Crippen molar-refractivity contribution in [3.63, 3.8) is 0 Å². The Labute approximate surface area is 100 Å². The van der Waals surface area contributed by atoms with Crippen molar-refractivity contribution in [1.29, 1.82) is 5.41 Å². The number of nitrogens with zero attached hydrogens (tertiary/aromatic N) is 2. The summed E-state index contributed by atoms with van der Waals surface area (Å²) in [5.41, 5.74) is 10.8. The lowest BCUT2D eigenvalue weighted by Gasteiger charge is -2.13. The lowest BCUT2D eigenvalue weighted by molar-refractivity contribution is 0.728. The molecule has 0 radical (unpaired) electrons. The summed E-state index contributed by atoms with van der Waals surface area (Å²) in [5.74, 6) is 0. The second-order valence-electron chi connectivity index (χ2n) is 4.16. The second kappa shape index (κ2) is 4.05. The fourth-order valence-corrected chi connectivity index (χ4v) is 1.95. The van der Waals surface area contributed by atoms with Gasteiger partial charge in [-0.15, -0.1) is 0 Å². The van der Waals surface area contributed by atoms with E-state index in [1.165, 1.54) is 0 Å². The van der Waals surface area contributed by atoms with Crippen LogP contribution in [0.3, 0.4) is 0 Å². The molecule has 4 heteroatoms. The van der Waals surface area contributed by atoms with Crippen molar-refractivity contribution >= 4 is 5.69 Å². The van der Waals surface area contributed by atoms with Gasteiger partial charge in [0.2, 0.25) is 5.62 Å². The molecule has 1 aromatic heterocycles. The van der Waals surface area contributed by atoms with E-state index in [4.69, 9.17) is 11.1 Å². The van der Waals surface area contributed by atoms with Crippen LogP contribution in [-0.2, 0) is 7.05 Å². The van der Waals surface area contributed by atoms with Gasteiger partial charge in [-0.3, -0.25) is 5.41 Å². The summed E-state index contributed by atoms with van der Waals surface area (Å²) >= 11 is 0. The molecule has 0 atom stereocenters. The van der Waals surface area contributed by atoms with Crippen LogP contribution in [0.25, 0.3) is 11.1 Å². The van der Waals surface area contributed by atoms with Gasteiger partial charge >= 0.3 is 0 Å². The maximum Gasteiger partial charge on any atom is 0.222 e. The van der Waals surface area contributed by atoms with Crippen molar-refractivity contribution in [2.45, 2.75) is 13.8 Å². The lowest BCUT2D eigenvalue weighted by atomic mass is 10.0. The van der Waals surface area contributed by atoms with Gasteiger partial charge in [-0.05, 0) is 31.5 Å². The zero-order valence-corrected chi connectivity index (χ0v) is 10.3. The smallest absolute Gasteiger partial charge is 0.222 e. The molecule has 0 aliphatic heterocycles. The Balaban J connectivity index is 2.71. The summed E-state index contributed by atoms with van der Waals surface area (Å²) < 4.78 is 1.78. The number of anilines is 1. The molecule has 1 heterocycles. The van der Waals surface area contributed by atoms with E-state index in [1.807, 2.05) is 45.2 Å². The van der Waals surface area contributed by atoms with Crippen LogP contribution in [0.4, 0.5) is 5.69 Å². The zero-order valence-electron chi connectivity index (χ0n) is 10.3. The summed E-state index contributed by atoms with van der Waals surface area (Å²) in [6.07, 6.45) is 0. The van der Waals surface area contributed by atoms with Gasteiger partial charge in [0.15, 0.2) is 0 Å². The van der Waals surface area contributed by atoms with E-state index in [9.17, 15) is 0 Å². The molecule has 88 valence electrons. The van der Waals surface area contributed by atoms with Crippen molar-refractivity contribution < 1.29 is 0 Å². The molecule has 0 unspecified atom stereocenters. The number of benzene rings is 1. The van der Waals surface area contributed by atoms with E-state index in [0.29, 0.717) is 0 Å². The van der Waals surface area contributed by atoms with Crippen molar-refractivity contribution in [2.75, 3.05) is 5.73 Å². The maximum atomic E-state index is 7.73. The molecular weight excluding hydrogens is 212 g/mol. The SMILES string of the molecule is Cc1nc(=N)n(C)c(C)c1-c1ccc(N)cc1. The standard InChI is InChI=1S/C13H16N4/c1-8-12(9(2)17(3)13(15)16-8)10-4-6-11(14)7-5-10/h4-7,15H,14H2,1-3H3. The largest absolute Gasteiger partial charge is 0.399 e. The fourth-order valence-electron chi connectivity index (χ4n) is 1.95. The topological polar surface area (TPSA) is 67.7 Å². The van der Waals surface area contributed by atoms with Crippen LogP contribution in [0.2, 0.25) is 0 Å². The molecular formula is C13H16N4. The van der Waals surface area contributed by atoms with Gasteiger partial charge in [-0.2, -0.15) is 0 Å². The number of hydrogen-bond acceptors (Lipinski definition) is 3. The lowest BCUT2D eigenvalue weighted by Crippen LogP contribution is -2.24. The molecule has 2 rings (SSSR count). The third kappa shape index (κ3) is 1.93. The fraction of sp³-hybridized carbons (Fsp3) is 0.231. The molecule has 0 saturated carbocycles. The first-order chi connectivity index (χ1) is 8.00. The third-order valence-electron chi connectivity index (χ3n) is 3.02. The van der Waals surface area contributed by atoms with Crippen LogP contribution in [0.1, 0.15) is 11.4 Å². The molecule has 4 nitrogen and oxygen atoms in total. The average molecular weight is 228 g/mol. The highest BCUT2D eigenvalue weighted by atomic mass is 15.0. The molecule has 17 heavy (non-hydrogen) atoms. The van der Waals surface area contributed by atoms with Gasteiger partial charge in [-0.1, -0.05) is 12.1 Å².